The van der Waals surface area contributed by atoms with E-state index in [0.29, 0.717) is 17.1 Å². The summed E-state index contributed by atoms with van der Waals surface area (Å²) in [6.07, 6.45) is 4.43. The lowest BCUT2D eigenvalue weighted by Crippen LogP contribution is -2.25. The number of benzene rings is 2. The molecular formula is C18H16ClN3O. The predicted octanol–water partition coefficient (Wildman–Crippen LogP) is 3.50. The Labute approximate surface area is 139 Å². The van der Waals surface area contributed by atoms with E-state index in [-0.39, 0.29) is 5.91 Å². The highest BCUT2D eigenvalue weighted by atomic mass is 35.5. The lowest BCUT2D eigenvalue weighted by atomic mass is 10.1. The van der Waals surface area contributed by atoms with E-state index < -0.39 is 0 Å². The van der Waals surface area contributed by atoms with Crippen molar-refractivity contribution in [3.63, 3.8) is 0 Å². The first-order valence-corrected chi connectivity index (χ1v) is 7.73. The summed E-state index contributed by atoms with van der Waals surface area (Å²) in [5, 5.41) is 7.72. The van der Waals surface area contributed by atoms with Gasteiger partial charge >= 0.3 is 0 Å². The Morgan fingerprint density at radius 3 is 2.48 bits per heavy atom. The van der Waals surface area contributed by atoms with Crippen molar-refractivity contribution in [2.75, 3.05) is 6.54 Å². The van der Waals surface area contributed by atoms with Gasteiger partial charge in [-0.2, -0.15) is 5.10 Å². The maximum absolute atomic E-state index is 12.0. The molecule has 3 rings (SSSR count). The van der Waals surface area contributed by atoms with E-state index in [1.807, 2.05) is 41.2 Å². The van der Waals surface area contributed by atoms with Gasteiger partial charge in [-0.3, -0.25) is 4.79 Å². The monoisotopic (exact) mass is 325 g/mol. The van der Waals surface area contributed by atoms with Crippen molar-refractivity contribution < 1.29 is 4.79 Å². The SMILES string of the molecule is O=C(NCCc1ccc(-n2cccn2)cc1)c1ccc(Cl)cc1. The van der Waals surface area contributed by atoms with Gasteiger partial charge in [-0.15, -0.1) is 0 Å². The second-order valence-electron chi connectivity index (χ2n) is 5.13. The van der Waals surface area contributed by atoms with Crippen LogP contribution in [0.15, 0.2) is 67.0 Å². The van der Waals surface area contributed by atoms with Crippen LogP contribution >= 0.6 is 11.6 Å². The number of amides is 1. The molecular weight excluding hydrogens is 310 g/mol. The molecule has 0 unspecified atom stereocenters. The summed E-state index contributed by atoms with van der Waals surface area (Å²) in [6.45, 7) is 0.586. The Morgan fingerprint density at radius 1 is 1.09 bits per heavy atom. The summed E-state index contributed by atoms with van der Waals surface area (Å²) in [6, 6.07) is 16.9. The number of halogens is 1. The van der Waals surface area contributed by atoms with Gasteiger partial charge in [-0.25, -0.2) is 4.68 Å². The number of aromatic nitrogens is 2. The van der Waals surface area contributed by atoms with Gasteiger partial charge in [0.1, 0.15) is 0 Å². The topological polar surface area (TPSA) is 46.9 Å². The van der Waals surface area contributed by atoms with Gasteiger partial charge in [0.2, 0.25) is 0 Å². The van der Waals surface area contributed by atoms with Crippen molar-refractivity contribution in [3.05, 3.63) is 83.1 Å². The van der Waals surface area contributed by atoms with E-state index in [0.717, 1.165) is 17.7 Å². The minimum absolute atomic E-state index is 0.0881. The summed E-state index contributed by atoms with van der Waals surface area (Å²) in [5.41, 5.74) is 2.80. The molecule has 0 atom stereocenters. The summed E-state index contributed by atoms with van der Waals surface area (Å²) in [7, 11) is 0. The number of nitrogens with zero attached hydrogens (tertiary/aromatic N) is 2. The average Bonchev–Trinajstić information content (AvgIpc) is 3.10. The first-order valence-electron chi connectivity index (χ1n) is 7.35. The highest BCUT2D eigenvalue weighted by molar-refractivity contribution is 6.30. The summed E-state index contributed by atoms with van der Waals surface area (Å²) in [4.78, 5) is 12.0. The van der Waals surface area contributed by atoms with Gasteiger partial charge in [0.15, 0.2) is 0 Å². The molecule has 1 amide bonds. The first kappa shape index (κ1) is 15.3. The summed E-state index contributed by atoms with van der Waals surface area (Å²) >= 11 is 5.81. The van der Waals surface area contributed by atoms with Crippen molar-refractivity contribution in [1.82, 2.24) is 15.1 Å². The first-order chi connectivity index (χ1) is 11.2. The molecule has 2 aromatic carbocycles. The summed E-state index contributed by atoms with van der Waals surface area (Å²) in [5.74, 6) is -0.0881. The van der Waals surface area contributed by atoms with Crippen LogP contribution in [0.3, 0.4) is 0 Å². The normalized spacial score (nSPS) is 10.5. The standard InChI is InChI=1S/C18H16ClN3O/c19-16-6-4-15(5-7-16)18(23)20-12-10-14-2-8-17(9-3-14)22-13-1-11-21-22/h1-9,11,13H,10,12H2,(H,20,23). The van der Waals surface area contributed by atoms with Crippen LogP contribution in [0.5, 0.6) is 0 Å². The Balaban J connectivity index is 1.52. The van der Waals surface area contributed by atoms with E-state index in [1.165, 1.54) is 0 Å². The van der Waals surface area contributed by atoms with Crippen molar-refractivity contribution >= 4 is 17.5 Å². The average molecular weight is 326 g/mol. The number of carbonyl (C=O) groups is 1. The fraction of sp³-hybridized carbons (Fsp3) is 0.111. The second-order valence-corrected chi connectivity index (χ2v) is 5.57. The Morgan fingerprint density at radius 2 is 1.83 bits per heavy atom. The highest BCUT2D eigenvalue weighted by Gasteiger charge is 2.04. The number of rotatable bonds is 5. The van der Waals surface area contributed by atoms with Crippen LogP contribution in [-0.2, 0) is 6.42 Å². The third-order valence-electron chi connectivity index (χ3n) is 3.51. The van der Waals surface area contributed by atoms with E-state index in [4.69, 9.17) is 11.6 Å². The van der Waals surface area contributed by atoms with Crippen LogP contribution < -0.4 is 5.32 Å². The fourth-order valence-electron chi connectivity index (χ4n) is 2.26. The lowest BCUT2D eigenvalue weighted by Gasteiger charge is -2.07. The zero-order valence-corrected chi connectivity index (χ0v) is 13.2. The van der Waals surface area contributed by atoms with Gasteiger partial charge in [0.05, 0.1) is 5.69 Å². The van der Waals surface area contributed by atoms with Crippen LogP contribution in [-0.4, -0.2) is 22.2 Å². The highest BCUT2D eigenvalue weighted by Crippen LogP contribution is 2.10. The maximum Gasteiger partial charge on any atom is 0.251 e. The molecule has 1 heterocycles. The third kappa shape index (κ3) is 3.99. The van der Waals surface area contributed by atoms with Crippen molar-refractivity contribution in [1.29, 1.82) is 0 Å². The molecule has 23 heavy (non-hydrogen) atoms. The molecule has 0 spiro atoms. The van der Waals surface area contributed by atoms with Gasteiger partial charge in [0, 0.05) is 29.5 Å². The quantitative estimate of drug-likeness (QED) is 0.780. The molecule has 0 saturated carbocycles. The van der Waals surface area contributed by atoms with E-state index in [1.54, 1.807) is 30.5 Å². The zero-order valence-electron chi connectivity index (χ0n) is 12.4. The van der Waals surface area contributed by atoms with Gasteiger partial charge < -0.3 is 5.32 Å². The van der Waals surface area contributed by atoms with Crippen molar-refractivity contribution in [3.8, 4) is 5.69 Å². The molecule has 0 aliphatic carbocycles. The number of hydrogen-bond donors (Lipinski definition) is 1. The Bertz CT molecular complexity index is 765. The number of nitrogens with one attached hydrogen (secondary N) is 1. The zero-order chi connectivity index (χ0) is 16.1. The van der Waals surface area contributed by atoms with E-state index in [2.05, 4.69) is 10.4 Å². The smallest absolute Gasteiger partial charge is 0.251 e. The van der Waals surface area contributed by atoms with Crippen LogP contribution in [0, 0.1) is 0 Å². The van der Waals surface area contributed by atoms with Crippen molar-refractivity contribution in [2.45, 2.75) is 6.42 Å². The van der Waals surface area contributed by atoms with Crippen LogP contribution in [0.2, 0.25) is 5.02 Å². The predicted molar refractivity (Wildman–Crippen MR) is 91.1 cm³/mol. The van der Waals surface area contributed by atoms with Gasteiger partial charge in [-0.05, 0) is 54.4 Å². The van der Waals surface area contributed by atoms with Crippen LogP contribution in [0.1, 0.15) is 15.9 Å². The maximum atomic E-state index is 12.0. The fourth-order valence-corrected chi connectivity index (χ4v) is 2.39. The summed E-state index contributed by atoms with van der Waals surface area (Å²) < 4.78 is 1.81. The third-order valence-corrected chi connectivity index (χ3v) is 3.76. The van der Waals surface area contributed by atoms with Crippen LogP contribution in [0.4, 0.5) is 0 Å². The molecule has 0 saturated heterocycles. The molecule has 3 aromatic rings. The van der Waals surface area contributed by atoms with Gasteiger partial charge in [0.25, 0.3) is 5.91 Å². The molecule has 4 nitrogen and oxygen atoms in total. The molecule has 5 heteroatoms. The molecule has 1 N–H and O–H groups in total. The van der Waals surface area contributed by atoms with E-state index in [9.17, 15) is 4.79 Å². The Hall–Kier alpha value is -2.59. The van der Waals surface area contributed by atoms with Gasteiger partial charge in [-0.1, -0.05) is 23.7 Å². The molecule has 0 radical (unpaired) electrons. The van der Waals surface area contributed by atoms with Crippen LogP contribution in [0.25, 0.3) is 5.69 Å². The second kappa shape index (κ2) is 7.11. The van der Waals surface area contributed by atoms with E-state index >= 15 is 0 Å². The largest absolute Gasteiger partial charge is 0.352 e. The number of carbonyl (C=O) groups excluding carboxylic acids is 1. The molecule has 0 fully saturated rings. The number of hydrogen-bond acceptors (Lipinski definition) is 2. The molecule has 1 aromatic heterocycles. The van der Waals surface area contributed by atoms with Crippen molar-refractivity contribution in [2.24, 2.45) is 0 Å². The molecule has 0 aliphatic rings. The molecule has 0 aliphatic heterocycles. The Kier molecular flexibility index (Phi) is 4.74. The minimum Gasteiger partial charge on any atom is -0.352 e. The minimum atomic E-state index is -0.0881. The lowest BCUT2D eigenvalue weighted by molar-refractivity contribution is 0.0954. The molecule has 116 valence electrons. The molecule has 0 bridgehead atoms.